The molecule has 0 spiro atoms. The van der Waals surface area contributed by atoms with Crippen LogP contribution in [0.4, 0.5) is 5.69 Å². The van der Waals surface area contributed by atoms with E-state index in [2.05, 4.69) is 22.9 Å². The highest BCUT2D eigenvalue weighted by molar-refractivity contribution is 9.10. The molecule has 0 amide bonds. The van der Waals surface area contributed by atoms with Gasteiger partial charge in [-0.2, -0.15) is 4.31 Å². The second kappa shape index (κ2) is 8.73. The van der Waals surface area contributed by atoms with Crippen LogP contribution in [0, 0.1) is 0 Å². The molecule has 0 atom stereocenters. The van der Waals surface area contributed by atoms with Crippen molar-refractivity contribution in [2.75, 3.05) is 25.4 Å². The molecule has 0 aromatic heterocycles. The van der Waals surface area contributed by atoms with Gasteiger partial charge in [0.2, 0.25) is 10.0 Å². The Labute approximate surface area is 135 Å². The smallest absolute Gasteiger partial charge is 0.245 e. The van der Waals surface area contributed by atoms with Crippen LogP contribution in [0.2, 0.25) is 0 Å². The Bertz CT molecular complexity index is 549. The number of rotatable bonds is 9. The molecule has 1 aromatic carbocycles. The quantitative estimate of drug-likeness (QED) is 0.510. The molecule has 0 aliphatic heterocycles. The third-order valence-electron chi connectivity index (χ3n) is 3.20. The molecule has 0 fully saturated rings. The first-order valence-electron chi connectivity index (χ1n) is 7.09. The minimum atomic E-state index is -3.69. The minimum Gasteiger partial charge on any atom is -0.398 e. The summed E-state index contributed by atoms with van der Waals surface area (Å²) in [5.41, 5.74) is 6.01. The van der Waals surface area contributed by atoms with Gasteiger partial charge in [0.15, 0.2) is 0 Å². The van der Waals surface area contributed by atoms with Gasteiger partial charge in [-0.3, -0.25) is 0 Å². The van der Waals surface area contributed by atoms with Crippen molar-refractivity contribution in [2.45, 2.75) is 37.5 Å². The predicted octanol–water partition coefficient (Wildman–Crippen LogP) is 2.59. The van der Waals surface area contributed by atoms with Gasteiger partial charge in [0.05, 0.1) is 12.3 Å². The molecular formula is C14H23BrN2O3S. The van der Waals surface area contributed by atoms with Crippen LogP contribution in [0.5, 0.6) is 0 Å². The Kier molecular flexibility index (Phi) is 7.65. The summed E-state index contributed by atoms with van der Waals surface area (Å²) < 4.78 is 27.3. The van der Waals surface area contributed by atoms with Crippen LogP contribution in [-0.2, 0) is 10.0 Å². The van der Waals surface area contributed by atoms with Crippen molar-refractivity contribution in [1.29, 1.82) is 0 Å². The molecule has 0 bridgehead atoms. The summed E-state index contributed by atoms with van der Waals surface area (Å²) in [7, 11) is -3.69. The fourth-order valence-corrected chi connectivity index (χ4v) is 4.17. The monoisotopic (exact) mass is 378 g/mol. The first-order chi connectivity index (χ1) is 9.93. The van der Waals surface area contributed by atoms with Gasteiger partial charge in [-0.1, -0.05) is 42.1 Å². The number of hydrogen-bond acceptors (Lipinski definition) is 4. The van der Waals surface area contributed by atoms with Gasteiger partial charge in [0.25, 0.3) is 0 Å². The zero-order valence-electron chi connectivity index (χ0n) is 12.3. The topological polar surface area (TPSA) is 83.6 Å². The van der Waals surface area contributed by atoms with Gasteiger partial charge in [-0.15, -0.1) is 0 Å². The fraction of sp³-hybridized carbons (Fsp3) is 0.571. The highest BCUT2D eigenvalue weighted by Crippen LogP contribution is 2.26. The number of sulfonamides is 1. The standard InChI is InChI=1S/C14H23BrN2O3S/c1-2-3-4-5-8-17(9-10-18)21(19,20)14-11-12(15)6-7-13(14)16/h6-7,11,18H,2-5,8-10,16H2,1H3. The highest BCUT2D eigenvalue weighted by atomic mass is 79.9. The summed E-state index contributed by atoms with van der Waals surface area (Å²) in [5, 5.41) is 9.13. The molecule has 0 aliphatic carbocycles. The van der Waals surface area contributed by atoms with Crippen LogP contribution in [-0.4, -0.2) is 37.5 Å². The van der Waals surface area contributed by atoms with Crippen molar-refractivity contribution in [3.8, 4) is 0 Å². The number of unbranched alkanes of at least 4 members (excludes halogenated alkanes) is 3. The molecule has 3 N–H and O–H groups in total. The number of benzene rings is 1. The van der Waals surface area contributed by atoms with Crippen molar-refractivity contribution >= 4 is 31.6 Å². The molecule has 0 radical (unpaired) electrons. The summed E-state index contributed by atoms with van der Waals surface area (Å²) in [6.45, 7) is 2.38. The lowest BCUT2D eigenvalue weighted by molar-refractivity contribution is 0.251. The van der Waals surface area contributed by atoms with Crippen molar-refractivity contribution in [1.82, 2.24) is 4.31 Å². The SMILES string of the molecule is CCCCCCN(CCO)S(=O)(=O)c1cc(Br)ccc1N. The average Bonchev–Trinajstić information content (AvgIpc) is 2.44. The van der Waals surface area contributed by atoms with E-state index in [1.807, 2.05) is 0 Å². The number of aliphatic hydroxyl groups is 1. The van der Waals surface area contributed by atoms with Gasteiger partial charge in [-0.05, 0) is 24.6 Å². The maximum absolute atomic E-state index is 12.7. The normalized spacial score (nSPS) is 12.0. The lowest BCUT2D eigenvalue weighted by Crippen LogP contribution is -2.35. The Morgan fingerprint density at radius 2 is 1.95 bits per heavy atom. The van der Waals surface area contributed by atoms with Gasteiger partial charge < -0.3 is 10.8 Å². The van der Waals surface area contributed by atoms with Crippen LogP contribution >= 0.6 is 15.9 Å². The van der Waals surface area contributed by atoms with Crippen LogP contribution in [0.1, 0.15) is 32.6 Å². The van der Waals surface area contributed by atoms with E-state index in [0.29, 0.717) is 11.0 Å². The summed E-state index contributed by atoms with van der Waals surface area (Å²) in [6, 6.07) is 4.76. The van der Waals surface area contributed by atoms with E-state index in [-0.39, 0.29) is 23.7 Å². The molecule has 1 rings (SSSR count). The van der Waals surface area contributed by atoms with Crippen LogP contribution < -0.4 is 5.73 Å². The lowest BCUT2D eigenvalue weighted by Gasteiger charge is -2.22. The van der Waals surface area contributed by atoms with Gasteiger partial charge in [-0.25, -0.2) is 8.42 Å². The fourth-order valence-electron chi connectivity index (χ4n) is 2.05. The second-order valence-corrected chi connectivity index (χ2v) is 7.69. The zero-order valence-corrected chi connectivity index (χ0v) is 14.7. The van der Waals surface area contributed by atoms with Gasteiger partial charge in [0, 0.05) is 17.6 Å². The van der Waals surface area contributed by atoms with Crippen molar-refractivity contribution < 1.29 is 13.5 Å². The Hall–Kier alpha value is -0.630. The first kappa shape index (κ1) is 18.4. The molecule has 1 aromatic rings. The predicted molar refractivity (Wildman–Crippen MR) is 88.5 cm³/mol. The van der Waals surface area contributed by atoms with Gasteiger partial charge >= 0.3 is 0 Å². The number of aliphatic hydroxyl groups excluding tert-OH is 1. The van der Waals surface area contributed by atoms with Crippen molar-refractivity contribution in [3.63, 3.8) is 0 Å². The summed E-state index contributed by atoms with van der Waals surface area (Å²) in [5.74, 6) is 0. The average molecular weight is 379 g/mol. The number of halogens is 1. The largest absolute Gasteiger partial charge is 0.398 e. The lowest BCUT2D eigenvalue weighted by atomic mass is 10.2. The number of anilines is 1. The number of hydrogen-bond donors (Lipinski definition) is 2. The molecule has 0 saturated heterocycles. The van der Waals surface area contributed by atoms with E-state index >= 15 is 0 Å². The van der Waals surface area contributed by atoms with E-state index in [4.69, 9.17) is 10.8 Å². The molecule has 21 heavy (non-hydrogen) atoms. The van der Waals surface area contributed by atoms with Crippen molar-refractivity contribution in [3.05, 3.63) is 22.7 Å². The maximum Gasteiger partial charge on any atom is 0.245 e. The summed E-state index contributed by atoms with van der Waals surface area (Å²) in [4.78, 5) is 0.0841. The Balaban J connectivity index is 2.95. The zero-order chi connectivity index (χ0) is 15.9. The van der Waals surface area contributed by atoms with E-state index in [1.54, 1.807) is 12.1 Å². The van der Waals surface area contributed by atoms with Crippen LogP contribution in [0.3, 0.4) is 0 Å². The second-order valence-electron chi connectivity index (χ2n) is 4.87. The van der Waals surface area contributed by atoms with Crippen LogP contribution in [0.15, 0.2) is 27.6 Å². The molecule has 0 aliphatic rings. The Morgan fingerprint density at radius 1 is 1.24 bits per heavy atom. The van der Waals surface area contributed by atoms with Crippen LogP contribution in [0.25, 0.3) is 0 Å². The van der Waals surface area contributed by atoms with E-state index in [1.165, 1.54) is 10.4 Å². The Morgan fingerprint density at radius 3 is 2.57 bits per heavy atom. The number of nitrogens with zero attached hydrogens (tertiary/aromatic N) is 1. The number of nitrogen functional groups attached to an aromatic ring is 1. The molecule has 0 saturated carbocycles. The molecule has 5 nitrogen and oxygen atoms in total. The number of nitrogens with two attached hydrogens (primary N) is 1. The third kappa shape index (κ3) is 5.25. The van der Waals surface area contributed by atoms with E-state index in [0.717, 1.165) is 25.7 Å². The minimum absolute atomic E-state index is 0.0837. The van der Waals surface area contributed by atoms with Crippen molar-refractivity contribution in [2.24, 2.45) is 0 Å². The summed E-state index contributed by atoms with van der Waals surface area (Å²) >= 11 is 3.26. The first-order valence-corrected chi connectivity index (χ1v) is 9.32. The highest BCUT2D eigenvalue weighted by Gasteiger charge is 2.26. The van der Waals surface area contributed by atoms with E-state index in [9.17, 15) is 8.42 Å². The molecule has 120 valence electrons. The van der Waals surface area contributed by atoms with Gasteiger partial charge in [0.1, 0.15) is 4.90 Å². The maximum atomic E-state index is 12.7. The molecule has 0 heterocycles. The third-order valence-corrected chi connectivity index (χ3v) is 5.65. The molecular weight excluding hydrogens is 356 g/mol. The summed E-state index contributed by atoms with van der Waals surface area (Å²) in [6.07, 6.45) is 3.92. The molecule has 7 heteroatoms. The molecule has 0 unspecified atom stereocenters. The van der Waals surface area contributed by atoms with E-state index < -0.39 is 10.0 Å².